The first-order valence-corrected chi connectivity index (χ1v) is 10.2. The van der Waals surface area contributed by atoms with Gasteiger partial charge in [-0.3, -0.25) is 9.59 Å². The first-order chi connectivity index (χ1) is 13.0. The van der Waals surface area contributed by atoms with Crippen LogP contribution in [0.15, 0.2) is 24.3 Å². The Morgan fingerprint density at radius 3 is 2.70 bits per heavy atom. The summed E-state index contributed by atoms with van der Waals surface area (Å²) in [6.45, 7) is 5.96. The highest BCUT2D eigenvalue weighted by molar-refractivity contribution is 7.18. The minimum atomic E-state index is -0.0351. The number of aromatic nitrogens is 2. The lowest BCUT2D eigenvalue weighted by Gasteiger charge is -2.34. The predicted octanol–water partition coefficient (Wildman–Crippen LogP) is 4.81. The molecule has 4 rings (SSSR count). The van der Waals surface area contributed by atoms with Crippen molar-refractivity contribution >= 4 is 33.2 Å². The lowest BCUT2D eigenvalue weighted by molar-refractivity contribution is 0.0605. The number of nitrogens with one attached hydrogen (secondary N) is 1. The topological polar surface area (TPSA) is 66.1 Å². The summed E-state index contributed by atoms with van der Waals surface area (Å²) in [5.41, 5.74) is 3.66. The molecule has 1 N–H and O–H groups in total. The average molecular weight is 382 g/mol. The van der Waals surface area contributed by atoms with Crippen molar-refractivity contribution in [2.75, 3.05) is 6.54 Å². The van der Waals surface area contributed by atoms with E-state index in [9.17, 15) is 9.59 Å². The zero-order valence-corrected chi connectivity index (χ0v) is 16.7. The number of carbonyl (C=O) groups excluding carboxylic acids is 2. The van der Waals surface area contributed by atoms with Gasteiger partial charge in [-0.2, -0.15) is 0 Å². The van der Waals surface area contributed by atoms with E-state index in [1.54, 1.807) is 18.3 Å². The van der Waals surface area contributed by atoms with Crippen LogP contribution in [0.25, 0.3) is 10.2 Å². The summed E-state index contributed by atoms with van der Waals surface area (Å²) in [5.74, 6) is -0.0475. The molecule has 0 aliphatic carbocycles. The number of aromatic amines is 1. The largest absolute Gasteiger partial charge is 0.354 e. The summed E-state index contributed by atoms with van der Waals surface area (Å²) < 4.78 is 1.15. The summed E-state index contributed by atoms with van der Waals surface area (Å²) >= 11 is 1.67. The SMILES string of the molecule is CC(=O)c1c(C)[nH]c(C(=O)N2CCCCC2c2nc3ccccc3s2)c1C. The van der Waals surface area contributed by atoms with Crippen molar-refractivity contribution in [3.8, 4) is 0 Å². The Morgan fingerprint density at radius 1 is 1.22 bits per heavy atom. The zero-order valence-electron chi connectivity index (χ0n) is 15.8. The van der Waals surface area contributed by atoms with Crippen molar-refractivity contribution in [2.24, 2.45) is 0 Å². The Bertz CT molecular complexity index is 1000. The summed E-state index contributed by atoms with van der Waals surface area (Å²) in [6, 6.07) is 8.09. The molecule has 1 aliphatic rings. The molecule has 1 saturated heterocycles. The predicted molar refractivity (Wildman–Crippen MR) is 108 cm³/mol. The molecule has 27 heavy (non-hydrogen) atoms. The van der Waals surface area contributed by atoms with Crippen LogP contribution in [0.2, 0.25) is 0 Å². The molecule has 3 heterocycles. The van der Waals surface area contributed by atoms with Crippen LogP contribution in [-0.4, -0.2) is 33.1 Å². The number of ketones is 1. The van der Waals surface area contributed by atoms with Gasteiger partial charge in [0.05, 0.1) is 16.3 Å². The number of hydrogen-bond acceptors (Lipinski definition) is 4. The quantitative estimate of drug-likeness (QED) is 0.662. The number of aryl methyl sites for hydroxylation is 1. The van der Waals surface area contributed by atoms with Gasteiger partial charge in [0.15, 0.2) is 5.78 Å². The molecule has 2 aromatic heterocycles. The van der Waals surface area contributed by atoms with Crippen molar-refractivity contribution in [2.45, 2.75) is 46.1 Å². The maximum atomic E-state index is 13.4. The molecule has 1 aliphatic heterocycles. The van der Waals surface area contributed by atoms with Gasteiger partial charge in [0.2, 0.25) is 0 Å². The monoisotopic (exact) mass is 381 g/mol. The van der Waals surface area contributed by atoms with E-state index in [1.807, 2.05) is 36.9 Å². The fourth-order valence-electron chi connectivity index (χ4n) is 4.10. The van der Waals surface area contributed by atoms with Crippen LogP contribution in [0, 0.1) is 13.8 Å². The maximum absolute atomic E-state index is 13.4. The van der Waals surface area contributed by atoms with E-state index < -0.39 is 0 Å². The Hall–Kier alpha value is -2.47. The summed E-state index contributed by atoms with van der Waals surface area (Å²) in [7, 11) is 0. The third kappa shape index (κ3) is 3.08. The summed E-state index contributed by atoms with van der Waals surface area (Å²) in [4.78, 5) is 35.2. The number of Topliss-reactive ketones (excluding diaryl/α,β-unsaturated/α-hetero) is 1. The van der Waals surface area contributed by atoms with E-state index in [-0.39, 0.29) is 17.7 Å². The third-order valence-corrected chi connectivity index (χ3v) is 6.50. The molecule has 0 saturated carbocycles. The number of hydrogen-bond donors (Lipinski definition) is 1. The van der Waals surface area contributed by atoms with Crippen molar-refractivity contribution in [1.82, 2.24) is 14.9 Å². The molecule has 1 aromatic carbocycles. The molecule has 140 valence electrons. The van der Waals surface area contributed by atoms with Gasteiger partial charge < -0.3 is 9.88 Å². The van der Waals surface area contributed by atoms with E-state index in [4.69, 9.17) is 4.98 Å². The highest BCUT2D eigenvalue weighted by atomic mass is 32.1. The highest BCUT2D eigenvalue weighted by Crippen LogP contribution is 2.36. The number of carbonyl (C=O) groups is 2. The number of thiazole rings is 1. The zero-order chi connectivity index (χ0) is 19.1. The van der Waals surface area contributed by atoms with Gasteiger partial charge in [-0.05, 0) is 57.7 Å². The molecule has 1 unspecified atom stereocenters. The maximum Gasteiger partial charge on any atom is 0.271 e. The minimum Gasteiger partial charge on any atom is -0.354 e. The van der Waals surface area contributed by atoms with E-state index in [0.29, 0.717) is 17.8 Å². The lowest BCUT2D eigenvalue weighted by Crippen LogP contribution is -2.39. The molecule has 0 spiro atoms. The molecular weight excluding hydrogens is 358 g/mol. The Morgan fingerprint density at radius 2 is 2.00 bits per heavy atom. The first-order valence-electron chi connectivity index (χ1n) is 9.34. The van der Waals surface area contributed by atoms with Crippen molar-refractivity contribution < 1.29 is 9.59 Å². The second kappa shape index (κ2) is 6.93. The van der Waals surface area contributed by atoms with Gasteiger partial charge in [-0.15, -0.1) is 11.3 Å². The van der Waals surface area contributed by atoms with Crippen molar-refractivity contribution in [1.29, 1.82) is 0 Å². The number of nitrogens with zero attached hydrogens (tertiary/aromatic N) is 2. The number of benzene rings is 1. The second-order valence-electron chi connectivity index (χ2n) is 7.21. The number of para-hydroxylation sites is 1. The average Bonchev–Trinajstić information content (AvgIpc) is 3.21. The van der Waals surface area contributed by atoms with Crippen molar-refractivity contribution in [3.05, 3.63) is 51.8 Å². The molecule has 3 aromatic rings. The van der Waals surface area contributed by atoms with Gasteiger partial charge in [0, 0.05) is 17.8 Å². The minimum absolute atomic E-state index is 0.00701. The Balaban J connectivity index is 1.71. The van der Waals surface area contributed by atoms with Crippen LogP contribution in [0.4, 0.5) is 0 Å². The number of amides is 1. The Labute approximate surface area is 162 Å². The van der Waals surface area contributed by atoms with Gasteiger partial charge in [0.25, 0.3) is 5.91 Å². The molecule has 1 fully saturated rings. The first kappa shape index (κ1) is 17.9. The lowest BCUT2D eigenvalue weighted by atomic mass is 10.0. The van der Waals surface area contributed by atoms with Crippen LogP contribution < -0.4 is 0 Å². The number of H-pyrrole nitrogens is 1. The molecule has 0 radical (unpaired) electrons. The molecule has 5 nitrogen and oxygen atoms in total. The van der Waals surface area contributed by atoms with Gasteiger partial charge in [-0.25, -0.2) is 4.98 Å². The van der Waals surface area contributed by atoms with Crippen LogP contribution in [0.3, 0.4) is 0 Å². The van der Waals surface area contributed by atoms with Gasteiger partial charge >= 0.3 is 0 Å². The van der Waals surface area contributed by atoms with Crippen molar-refractivity contribution in [3.63, 3.8) is 0 Å². The van der Waals surface area contributed by atoms with E-state index in [2.05, 4.69) is 11.1 Å². The molecule has 0 bridgehead atoms. The third-order valence-electron chi connectivity index (χ3n) is 5.36. The fourth-order valence-corrected chi connectivity index (χ4v) is 5.21. The summed E-state index contributed by atoms with van der Waals surface area (Å²) in [5, 5.41) is 0.997. The number of likely N-dealkylation sites (tertiary alicyclic amines) is 1. The van der Waals surface area contributed by atoms with Crippen LogP contribution in [0.5, 0.6) is 0 Å². The summed E-state index contributed by atoms with van der Waals surface area (Å²) in [6.07, 6.45) is 3.00. The molecule has 1 atom stereocenters. The van der Waals surface area contributed by atoms with Crippen LogP contribution in [-0.2, 0) is 0 Å². The molecule has 1 amide bonds. The van der Waals surface area contributed by atoms with Crippen LogP contribution in [0.1, 0.15) is 69.3 Å². The molecule has 6 heteroatoms. The smallest absolute Gasteiger partial charge is 0.271 e. The van der Waals surface area contributed by atoms with E-state index >= 15 is 0 Å². The van der Waals surface area contributed by atoms with E-state index in [0.717, 1.165) is 45.7 Å². The van der Waals surface area contributed by atoms with E-state index in [1.165, 1.54) is 0 Å². The number of rotatable bonds is 3. The van der Waals surface area contributed by atoms with Gasteiger partial charge in [-0.1, -0.05) is 12.1 Å². The highest BCUT2D eigenvalue weighted by Gasteiger charge is 2.33. The standard InChI is InChI=1S/C21H23N3O2S/c1-12-18(14(3)25)13(2)22-19(12)21(26)24-11-7-6-9-16(24)20-23-15-8-4-5-10-17(15)27-20/h4-5,8,10,16,22H,6-7,9,11H2,1-3H3. The number of fused-ring (bicyclic) bond motifs is 1. The molecular formula is C21H23N3O2S. The normalized spacial score (nSPS) is 17.4. The fraction of sp³-hybridized carbons (Fsp3) is 0.381. The second-order valence-corrected chi connectivity index (χ2v) is 8.27. The van der Waals surface area contributed by atoms with Crippen LogP contribution >= 0.6 is 11.3 Å². The Kier molecular flexibility index (Phi) is 4.60. The number of piperidine rings is 1. The van der Waals surface area contributed by atoms with Gasteiger partial charge in [0.1, 0.15) is 10.7 Å².